The van der Waals surface area contributed by atoms with E-state index in [1.54, 1.807) is 20.3 Å². The molecule has 1 aliphatic rings. The summed E-state index contributed by atoms with van der Waals surface area (Å²) in [5.74, 6) is 1.33. The lowest BCUT2D eigenvalue weighted by Crippen LogP contribution is -2.05. The van der Waals surface area contributed by atoms with Crippen molar-refractivity contribution in [1.29, 1.82) is 0 Å². The number of Topliss-reactive ketones (excluding diaryl/α,β-unsaturated/α-hetero) is 1. The highest BCUT2D eigenvalue weighted by molar-refractivity contribution is 6.34. The first-order valence-corrected chi connectivity index (χ1v) is 6.03. The summed E-state index contributed by atoms with van der Waals surface area (Å²) in [7, 11) is 3.15. The van der Waals surface area contributed by atoms with E-state index in [9.17, 15) is 4.79 Å². The first kappa shape index (κ1) is 12.2. The highest BCUT2D eigenvalue weighted by Gasteiger charge is 2.25. The maximum Gasteiger partial charge on any atom is 0.164 e. The molecule has 0 fully saturated rings. The molecule has 0 bridgehead atoms. The lowest BCUT2D eigenvalue weighted by Gasteiger charge is -2.16. The molecule has 0 radical (unpaired) electrons. The molecule has 3 nitrogen and oxygen atoms in total. The smallest absolute Gasteiger partial charge is 0.164 e. The molecule has 0 N–H and O–H groups in total. The second-order valence-corrected chi connectivity index (χ2v) is 4.48. The molecule has 0 atom stereocenters. The predicted octanol–water partition coefficient (Wildman–Crippen LogP) is 3.27. The number of carbonyl (C=O) groups is 1. The summed E-state index contributed by atoms with van der Waals surface area (Å²) >= 11 is 6.17. The lowest BCUT2D eigenvalue weighted by molar-refractivity contribution is 0.0982. The fourth-order valence-electron chi connectivity index (χ4n) is 2.29. The van der Waals surface area contributed by atoms with Crippen molar-refractivity contribution >= 4 is 17.4 Å². The Balaban J connectivity index is 2.67. The number of benzene rings is 1. The molecule has 0 saturated heterocycles. The van der Waals surface area contributed by atoms with Crippen molar-refractivity contribution in [3.63, 3.8) is 0 Å². The first-order valence-electron chi connectivity index (χ1n) is 5.65. The van der Waals surface area contributed by atoms with Gasteiger partial charge in [-0.1, -0.05) is 11.6 Å². The summed E-state index contributed by atoms with van der Waals surface area (Å²) in [6.45, 7) is 0. The van der Waals surface area contributed by atoms with Crippen LogP contribution in [0.2, 0.25) is 5.02 Å². The molecule has 4 heteroatoms. The van der Waals surface area contributed by atoms with E-state index in [2.05, 4.69) is 0 Å². The van der Waals surface area contributed by atoms with Crippen molar-refractivity contribution in [2.75, 3.05) is 14.2 Å². The van der Waals surface area contributed by atoms with Crippen LogP contribution >= 0.6 is 11.6 Å². The van der Waals surface area contributed by atoms with Gasteiger partial charge in [0.15, 0.2) is 17.3 Å². The first-order chi connectivity index (χ1) is 8.19. The summed E-state index contributed by atoms with van der Waals surface area (Å²) in [4.78, 5) is 12.0. The zero-order valence-corrected chi connectivity index (χ0v) is 10.8. The Bertz CT molecular complexity index is 454. The number of ketones is 1. The van der Waals surface area contributed by atoms with Gasteiger partial charge in [0.05, 0.1) is 19.2 Å². The van der Waals surface area contributed by atoms with Crippen molar-refractivity contribution in [1.82, 2.24) is 0 Å². The van der Waals surface area contributed by atoms with Crippen LogP contribution in [0, 0.1) is 0 Å². The minimum atomic E-state index is 0.100. The summed E-state index contributed by atoms with van der Waals surface area (Å²) in [6, 6.07) is 1.66. The van der Waals surface area contributed by atoms with Gasteiger partial charge in [0.1, 0.15) is 0 Å². The Hall–Kier alpha value is -1.22. The van der Waals surface area contributed by atoms with E-state index in [1.165, 1.54) is 0 Å². The molecule has 0 heterocycles. The largest absolute Gasteiger partial charge is 0.493 e. The second kappa shape index (κ2) is 4.96. The van der Waals surface area contributed by atoms with Gasteiger partial charge in [0, 0.05) is 23.6 Å². The molecule has 17 heavy (non-hydrogen) atoms. The third-order valence-electron chi connectivity index (χ3n) is 3.08. The van der Waals surface area contributed by atoms with Gasteiger partial charge in [-0.15, -0.1) is 0 Å². The maximum absolute atomic E-state index is 12.0. The van der Waals surface area contributed by atoms with Crippen LogP contribution in [-0.4, -0.2) is 20.0 Å². The van der Waals surface area contributed by atoms with E-state index in [0.29, 0.717) is 28.5 Å². The average molecular weight is 255 g/mol. The van der Waals surface area contributed by atoms with Gasteiger partial charge in [-0.3, -0.25) is 4.79 Å². The van der Waals surface area contributed by atoms with Crippen LogP contribution in [0.5, 0.6) is 11.5 Å². The normalized spacial score (nSPS) is 15.1. The zero-order chi connectivity index (χ0) is 12.4. The molecule has 0 unspecified atom stereocenters. The van der Waals surface area contributed by atoms with Crippen LogP contribution < -0.4 is 9.47 Å². The monoisotopic (exact) mass is 254 g/mol. The molecule has 92 valence electrons. The van der Waals surface area contributed by atoms with E-state index in [4.69, 9.17) is 21.1 Å². The maximum atomic E-state index is 12.0. The number of hydrogen-bond acceptors (Lipinski definition) is 3. The van der Waals surface area contributed by atoms with Crippen LogP contribution in [0.4, 0.5) is 0 Å². The van der Waals surface area contributed by atoms with Crippen LogP contribution in [-0.2, 0) is 6.42 Å². The van der Waals surface area contributed by atoms with Crippen molar-refractivity contribution in [2.45, 2.75) is 25.7 Å². The van der Waals surface area contributed by atoms with Gasteiger partial charge in [0.2, 0.25) is 0 Å². The van der Waals surface area contributed by atoms with Crippen molar-refractivity contribution < 1.29 is 14.3 Å². The van der Waals surface area contributed by atoms with Gasteiger partial charge in [-0.05, 0) is 19.3 Å². The van der Waals surface area contributed by atoms with E-state index >= 15 is 0 Å². The molecular formula is C13H15ClO3. The number of rotatable bonds is 2. The predicted molar refractivity (Wildman–Crippen MR) is 66.4 cm³/mol. The number of hydrogen-bond donors (Lipinski definition) is 0. The van der Waals surface area contributed by atoms with Crippen molar-refractivity contribution in [2.24, 2.45) is 0 Å². The van der Waals surface area contributed by atoms with E-state index in [0.717, 1.165) is 24.8 Å². The minimum Gasteiger partial charge on any atom is -0.493 e. The summed E-state index contributed by atoms with van der Waals surface area (Å²) in [5.41, 5.74) is 1.50. The molecule has 1 aliphatic carbocycles. The van der Waals surface area contributed by atoms with E-state index < -0.39 is 0 Å². The van der Waals surface area contributed by atoms with Gasteiger partial charge >= 0.3 is 0 Å². The molecule has 0 saturated carbocycles. The minimum absolute atomic E-state index is 0.100. The molecule has 0 spiro atoms. The fourth-order valence-corrected chi connectivity index (χ4v) is 2.61. The summed E-state index contributed by atoms with van der Waals surface area (Å²) in [5, 5.41) is 0.463. The number of fused-ring (bicyclic) bond motifs is 1. The quantitative estimate of drug-likeness (QED) is 0.760. The number of carbonyl (C=O) groups excluding carboxylic acids is 1. The van der Waals surface area contributed by atoms with Crippen LogP contribution in [0.3, 0.4) is 0 Å². The van der Waals surface area contributed by atoms with Gasteiger partial charge in [-0.25, -0.2) is 0 Å². The molecule has 0 amide bonds. The molecule has 2 rings (SSSR count). The molecule has 1 aromatic carbocycles. The third-order valence-corrected chi connectivity index (χ3v) is 3.38. The molecule has 0 aliphatic heterocycles. The van der Waals surface area contributed by atoms with Crippen molar-refractivity contribution in [3.05, 3.63) is 22.2 Å². The standard InChI is InChI=1S/C13H15ClO3/c1-16-11-7-9(14)12-8(13(11)17-2)5-3-4-6-10(12)15/h7H,3-6H2,1-2H3. The highest BCUT2D eigenvalue weighted by atomic mass is 35.5. The SMILES string of the molecule is COc1cc(Cl)c2c(c1OC)CCCCC2=O. The van der Waals surface area contributed by atoms with Gasteiger partial charge < -0.3 is 9.47 Å². The second-order valence-electron chi connectivity index (χ2n) is 4.08. The van der Waals surface area contributed by atoms with Gasteiger partial charge in [0.25, 0.3) is 0 Å². The molecular weight excluding hydrogens is 240 g/mol. The highest BCUT2D eigenvalue weighted by Crippen LogP contribution is 2.40. The van der Waals surface area contributed by atoms with Crippen LogP contribution in [0.1, 0.15) is 35.2 Å². The lowest BCUT2D eigenvalue weighted by atomic mass is 10.0. The van der Waals surface area contributed by atoms with Crippen LogP contribution in [0.15, 0.2) is 6.07 Å². The Morgan fingerprint density at radius 2 is 1.88 bits per heavy atom. The van der Waals surface area contributed by atoms with Crippen LogP contribution in [0.25, 0.3) is 0 Å². The Morgan fingerprint density at radius 1 is 1.18 bits per heavy atom. The Morgan fingerprint density at radius 3 is 2.53 bits per heavy atom. The third kappa shape index (κ3) is 2.12. The number of halogens is 1. The molecule has 0 aromatic heterocycles. The fraction of sp³-hybridized carbons (Fsp3) is 0.462. The van der Waals surface area contributed by atoms with Gasteiger partial charge in [-0.2, -0.15) is 0 Å². The Labute approximate surface area is 106 Å². The summed E-state index contributed by atoms with van der Waals surface area (Å²) in [6.07, 6.45) is 3.23. The average Bonchev–Trinajstić information content (AvgIpc) is 2.51. The Kier molecular flexibility index (Phi) is 3.57. The topological polar surface area (TPSA) is 35.5 Å². The number of methoxy groups -OCH3 is 2. The summed E-state index contributed by atoms with van der Waals surface area (Å²) < 4.78 is 10.6. The molecule has 1 aromatic rings. The number of ether oxygens (including phenoxy) is 2. The van der Waals surface area contributed by atoms with E-state index in [1.807, 2.05) is 0 Å². The zero-order valence-electron chi connectivity index (χ0n) is 10.0. The van der Waals surface area contributed by atoms with Crippen molar-refractivity contribution in [3.8, 4) is 11.5 Å². The van der Waals surface area contributed by atoms with E-state index in [-0.39, 0.29) is 5.78 Å².